The maximum absolute atomic E-state index is 14.1. The Hall–Kier alpha value is -6.71. The van der Waals surface area contributed by atoms with Crippen molar-refractivity contribution in [3.8, 4) is 0 Å². The van der Waals surface area contributed by atoms with Crippen LogP contribution in [0.25, 0.3) is 11.3 Å². The van der Waals surface area contributed by atoms with Crippen LogP contribution >= 0.6 is 0 Å². The highest BCUT2D eigenvalue weighted by atomic mass is 19.1. The number of carbonyl (C=O) groups excluding carboxylic acids is 5. The third kappa shape index (κ3) is 7.25. The molecule has 2 aromatic heterocycles. The van der Waals surface area contributed by atoms with Crippen molar-refractivity contribution >= 4 is 58.2 Å². The molecule has 4 aromatic rings. The number of hydrogen-bond donors (Lipinski definition) is 2. The molecule has 0 aliphatic carbocycles. The number of allylic oxidation sites excluding steroid dienone is 2. The van der Waals surface area contributed by atoms with Crippen LogP contribution in [0.15, 0.2) is 84.5 Å². The fourth-order valence-electron chi connectivity index (χ4n) is 7.98. The Morgan fingerprint density at radius 1 is 0.965 bits per heavy atom. The van der Waals surface area contributed by atoms with Gasteiger partial charge in [-0.25, -0.2) is 18.9 Å². The standard InChI is InChI=1S/C41H41FN10O5/c1-3-6-31(34-23-44-35-13-14-36(47-52(34)35)50-16-5-9-32(50)26-7-4-8-27(42)21-26)45-25(2)48-17-19-49(20-18-48)38(54)24-43-28-10-11-29-30(22-28)41(57)51(40(29)56)33-12-15-37(53)46-39(33)55/h3-4,6-8,10-11,13-14,21-23,32-33,43H,1,5,9,12,15-20,24H2,2H3,(H,46,53,55)/b31-6-,45-25+/t32-,33?/m1/s1. The molecule has 6 heterocycles. The zero-order valence-corrected chi connectivity index (χ0v) is 31.4. The molecule has 5 amide bonds. The van der Waals surface area contributed by atoms with Crippen molar-refractivity contribution in [2.45, 2.75) is 44.7 Å². The number of piperidine rings is 1. The van der Waals surface area contributed by atoms with Crippen LogP contribution in [0, 0.1) is 5.82 Å². The molecule has 16 heteroatoms. The number of nitrogens with one attached hydrogen (secondary N) is 2. The minimum atomic E-state index is -1.05. The number of aromatic nitrogens is 3. The van der Waals surface area contributed by atoms with E-state index in [0.717, 1.165) is 41.5 Å². The predicted octanol–water partition coefficient (Wildman–Crippen LogP) is 3.81. The Labute approximate surface area is 327 Å². The lowest BCUT2D eigenvalue weighted by Crippen LogP contribution is -2.54. The number of imidazole rings is 1. The van der Waals surface area contributed by atoms with E-state index in [9.17, 15) is 28.4 Å². The highest BCUT2D eigenvalue weighted by molar-refractivity contribution is 6.23. The first kappa shape index (κ1) is 37.2. The van der Waals surface area contributed by atoms with E-state index in [-0.39, 0.29) is 48.3 Å². The van der Waals surface area contributed by atoms with Crippen molar-refractivity contribution in [3.05, 3.63) is 108 Å². The number of hydrogen-bond acceptors (Lipinski definition) is 10. The van der Waals surface area contributed by atoms with Crippen LogP contribution in [0.3, 0.4) is 0 Å². The Morgan fingerprint density at radius 2 is 1.75 bits per heavy atom. The van der Waals surface area contributed by atoms with Crippen LogP contribution in [0.4, 0.5) is 15.9 Å². The summed E-state index contributed by atoms with van der Waals surface area (Å²) in [5, 5.41) is 10.2. The largest absolute Gasteiger partial charge is 0.376 e. The van der Waals surface area contributed by atoms with Crippen LogP contribution in [0.1, 0.15) is 70.6 Å². The lowest BCUT2D eigenvalue weighted by molar-refractivity contribution is -0.136. The summed E-state index contributed by atoms with van der Waals surface area (Å²) in [5.74, 6) is -1.18. The summed E-state index contributed by atoms with van der Waals surface area (Å²) in [6.07, 6.45) is 7.19. The highest BCUT2D eigenvalue weighted by Crippen LogP contribution is 2.36. The number of fused-ring (bicyclic) bond motifs is 2. The number of imide groups is 2. The van der Waals surface area contributed by atoms with E-state index in [1.807, 2.05) is 31.2 Å². The fourth-order valence-corrected chi connectivity index (χ4v) is 7.98. The summed E-state index contributed by atoms with van der Waals surface area (Å²) in [6.45, 7) is 8.64. The van der Waals surface area contributed by atoms with E-state index in [1.165, 1.54) is 18.2 Å². The molecule has 3 saturated heterocycles. The smallest absolute Gasteiger partial charge is 0.262 e. The van der Waals surface area contributed by atoms with Gasteiger partial charge in [0.15, 0.2) is 5.65 Å². The van der Waals surface area contributed by atoms with Gasteiger partial charge in [0.05, 0.1) is 35.6 Å². The predicted molar refractivity (Wildman–Crippen MR) is 210 cm³/mol. The number of halogens is 1. The molecule has 0 spiro atoms. The first-order valence-electron chi connectivity index (χ1n) is 19.0. The van der Waals surface area contributed by atoms with Crippen molar-refractivity contribution < 1.29 is 28.4 Å². The maximum atomic E-state index is 14.1. The van der Waals surface area contributed by atoms with Gasteiger partial charge < -0.3 is 20.0 Å². The van der Waals surface area contributed by atoms with Gasteiger partial charge in [-0.3, -0.25) is 34.2 Å². The van der Waals surface area contributed by atoms with E-state index >= 15 is 0 Å². The third-order valence-corrected chi connectivity index (χ3v) is 10.9. The summed E-state index contributed by atoms with van der Waals surface area (Å²) in [6, 6.07) is 14.2. The van der Waals surface area contributed by atoms with Gasteiger partial charge in [0.2, 0.25) is 17.7 Å². The number of anilines is 2. The van der Waals surface area contributed by atoms with Gasteiger partial charge in [0.1, 0.15) is 29.2 Å². The summed E-state index contributed by atoms with van der Waals surface area (Å²) in [4.78, 5) is 80.0. The molecular formula is C41H41FN10O5. The zero-order valence-electron chi connectivity index (χ0n) is 31.4. The summed E-state index contributed by atoms with van der Waals surface area (Å²) < 4.78 is 15.9. The van der Waals surface area contributed by atoms with Crippen molar-refractivity contribution in [3.63, 3.8) is 0 Å². The minimum Gasteiger partial charge on any atom is -0.376 e. The Morgan fingerprint density at radius 3 is 2.53 bits per heavy atom. The molecule has 15 nitrogen and oxygen atoms in total. The fraction of sp³-hybridized carbons (Fsp3) is 0.317. The van der Waals surface area contributed by atoms with E-state index < -0.39 is 29.7 Å². The number of aliphatic imine (C=N–C) groups is 1. The second kappa shape index (κ2) is 15.4. The molecule has 292 valence electrons. The molecule has 1 unspecified atom stereocenters. The molecule has 57 heavy (non-hydrogen) atoms. The van der Waals surface area contributed by atoms with Crippen LogP contribution < -0.4 is 15.5 Å². The van der Waals surface area contributed by atoms with Crippen molar-refractivity contribution in [2.75, 3.05) is 49.5 Å². The molecule has 4 aliphatic heterocycles. The van der Waals surface area contributed by atoms with Crippen LogP contribution in [-0.4, -0.2) is 110 Å². The van der Waals surface area contributed by atoms with Crippen LogP contribution in [-0.2, 0) is 14.4 Å². The molecule has 0 bridgehead atoms. The monoisotopic (exact) mass is 772 g/mol. The minimum absolute atomic E-state index is 0.0130. The second-order valence-electron chi connectivity index (χ2n) is 14.4. The first-order chi connectivity index (χ1) is 27.6. The quantitative estimate of drug-likeness (QED) is 0.111. The van der Waals surface area contributed by atoms with E-state index in [2.05, 4.69) is 32.0 Å². The lowest BCUT2D eigenvalue weighted by atomic mass is 10.0. The molecule has 4 aliphatic rings. The number of rotatable bonds is 9. The van der Waals surface area contributed by atoms with Crippen LogP contribution in [0.2, 0.25) is 0 Å². The molecule has 0 saturated carbocycles. The van der Waals surface area contributed by atoms with Gasteiger partial charge in [-0.1, -0.05) is 24.8 Å². The lowest BCUT2D eigenvalue weighted by Gasteiger charge is -2.36. The number of benzene rings is 2. The molecular weight excluding hydrogens is 732 g/mol. The van der Waals surface area contributed by atoms with Crippen molar-refractivity contribution in [1.82, 2.24) is 34.6 Å². The number of carbonyl (C=O) groups is 5. The van der Waals surface area contributed by atoms with Gasteiger partial charge in [-0.15, -0.1) is 5.10 Å². The number of amides is 5. The second-order valence-corrected chi connectivity index (χ2v) is 14.4. The summed E-state index contributed by atoms with van der Waals surface area (Å²) in [7, 11) is 0. The Balaban J connectivity index is 0.894. The summed E-state index contributed by atoms with van der Waals surface area (Å²) >= 11 is 0. The van der Waals surface area contributed by atoms with Gasteiger partial charge in [-0.2, -0.15) is 0 Å². The van der Waals surface area contributed by atoms with Gasteiger partial charge in [-0.05, 0) is 80.3 Å². The van der Waals surface area contributed by atoms with E-state index in [0.29, 0.717) is 48.9 Å². The average molecular weight is 773 g/mol. The Bertz CT molecular complexity index is 2380. The van der Waals surface area contributed by atoms with Gasteiger partial charge in [0, 0.05) is 44.8 Å². The first-order valence-corrected chi connectivity index (χ1v) is 19.0. The molecule has 3 fully saturated rings. The topological polar surface area (TPSA) is 165 Å². The van der Waals surface area contributed by atoms with E-state index in [4.69, 9.17) is 10.1 Å². The number of nitrogens with zero attached hydrogens (tertiary/aromatic N) is 8. The third-order valence-electron chi connectivity index (χ3n) is 10.9. The number of amidine groups is 1. The maximum Gasteiger partial charge on any atom is 0.262 e. The highest BCUT2D eigenvalue weighted by Gasteiger charge is 2.44. The molecule has 8 rings (SSSR count). The Kier molecular flexibility index (Phi) is 10.1. The van der Waals surface area contributed by atoms with E-state index in [1.54, 1.807) is 39.9 Å². The van der Waals surface area contributed by atoms with Crippen molar-refractivity contribution in [2.24, 2.45) is 4.99 Å². The molecule has 2 atom stereocenters. The SMILES string of the molecule is C=C/C=C(\N=C(/C)N1CCN(C(=O)CNc2ccc3c(c2)C(=O)N(C2CCC(=O)NC2=O)C3=O)CC1)c1cnc2ccc(N3CCC[C@@H]3c3cccc(F)c3)nn12. The number of piperazine rings is 1. The summed E-state index contributed by atoms with van der Waals surface area (Å²) in [5.41, 5.74) is 3.68. The van der Waals surface area contributed by atoms with Gasteiger partial charge in [0.25, 0.3) is 11.8 Å². The molecule has 0 radical (unpaired) electrons. The van der Waals surface area contributed by atoms with Crippen molar-refractivity contribution in [1.29, 1.82) is 0 Å². The molecule has 2 N–H and O–H groups in total. The normalized spacial score (nSPS) is 20.4. The average Bonchev–Trinajstić information content (AvgIpc) is 3.93. The van der Waals surface area contributed by atoms with Gasteiger partial charge >= 0.3 is 0 Å². The molecule has 2 aromatic carbocycles. The zero-order chi connectivity index (χ0) is 39.8. The van der Waals surface area contributed by atoms with Crippen LogP contribution in [0.5, 0.6) is 0 Å².